The van der Waals surface area contributed by atoms with Crippen LogP contribution in [0.15, 0.2) is 42.7 Å². The fraction of sp³-hybridized carbons (Fsp3) is 0.143. The minimum atomic E-state index is 1.20. The third-order valence-electron chi connectivity index (χ3n) is 2.62. The van der Waals surface area contributed by atoms with E-state index in [4.69, 9.17) is 4.74 Å². The Hall–Kier alpha value is -1.76. The van der Waals surface area contributed by atoms with Crippen molar-refractivity contribution in [2.45, 2.75) is 6.92 Å². The van der Waals surface area contributed by atoms with Crippen molar-refractivity contribution in [3.05, 3.63) is 53.8 Å². The predicted molar refractivity (Wildman–Crippen MR) is 64.7 cm³/mol. The molecule has 1 heteroatoms. The number of aryl methyl sites for hydroxylation is 1. The predicted octanol–water partition coefficient (Wildman–Crippen LogP) is 3.77. The van der Waals surface area contributed by atoms with Gasteiger partial charge in [-0.05, 0) is 34.9 Å². The van der Waals surface area contributed by atoms with Crippen LogP contribution in [-0.2, 0) is 4.74 Å². The Bertz CT molecular complexity index is 498. The van der Waals surface area contributed by atoms with Gasteiger partial charge in [0.25, 0.3) is 0 Å². The molecule has 0 saturated heterocycles. The Labute approximate surface area is 90.0 Å². The van der Waals surface area contributed by atoms with E-state index in [1.165, 1.54) is 21.9 Å². The van der Waals surface area contributed by atoms with Gasteiger partial charge in [0.1, 0.15) is 0 Å². The lowest BCUT2D eigenvalue weighted by molar-refractivity contribution is 0.341. The van der Waals surface area contributed by atoms with Crippen LogP contribution in [0.3, 0.4) is 0 Å². The van der Waals surface area contributed by atoms with Crippen molar-refractivity contribution in [1.82, 2.24) is 0 Å². The molecule has 0 amide bonds. The molecule has 0 aliphatic heterocycles. The lowest BCUT2D eigenvalue weighted by Crippen LogP contribution is -1.83. The van der Waals surface area contributed by atoms with E-state index in [1.54, 1.807) is 13.4 Å². The van der Waals surface area contributed by atoms with Gasteiger partial charge in [-0.1, -0.05) is 36.4 Å². The van der Waals surface area contributed by atoms with Crippen molar-refractivity contribution >= 4 is 16.8 Å². The highest BCUT2D eigenvalue weighted by atomic mass is 16.5. The van der Waals surface area contributed by atoms with Crippen LogP contribution in [0.5, 0.6) is 0 Å². The first-order valence-corrected chi connectivity index (χ1v) is 5.00. The Morgan fingerprint density at radius 1 is 1.07 bits per heavy atom. The van der Waals surface area contributed by atoms with Gasteiger partial charge in [0.05, 0.1) is 13.4 Å². The molecule has 2 rings (SSSR count). The van der Waals surface area contributed by atoms with E-state index in [9.17, 15) is 0 Å². The molecule has 0 fully saturated rings. The molecule has 0 atom stereocenters. The van der Waals surface area contributed by atoms with E-state index in [2.05, 4.69) is 43.3 Å². The first-order chi connectivity index (χ1) is 7.33. The van der Waals surface area contributed by atoms with Crippen molar-refractivity contribution in [2.75, 3.05) is 7.11 Å². The van der Waals surface area contributed by atoms with E-state index in [0.717, 1.165) is 0 Å². The summed E-state index contributed by atoms with van der Waals surface area (Å²) in [5, 5.41) is 2.58. The number of hydrogen-bond acceptors (Lipinski definition) is 1. The summed E-state index contributed by atoms with van der Waals surface area (Å²) < 4.78 is 4.93. The lowest BCUT2D eigenvalue weighted by atomic mass is 10.0. The quantitative estimate of drug-likeness (QED) is 0.667. The Morgan fingerprint density at radius 2 is 1.87 bits per heavy atom. The maximum Gasteiger partial charge on any atom is 0.0830 e. The van der Waals surface area contributed by atoms with Gasteiger partial charge in [-0.25, -0.2) is 0 Å². The minimum Gasteiger partial charge on any atom is -0.504 e. The van der Waals surface area contributed by atoms with Crippen molar-refractivity contribution in [3.63, 3.8) is 0 Å². The molecule has 0 radical (unpaired) electrons. The summed E-state index contributed by atoms with van der Waals surface area (Å²) in [4.78, 5) is 0. The first-order valence-electron chi connectivity index (χ1n) is 5.00. The Morgan fingerprint density at radius 3 is 2.67 bits per heavy atom. The van der Waals surface area contributed by atoms with E-state index in [1.807, 2.05) is 6.08 Å². The average molecular weight is 198 g/mol. The van der Waals surface area contributed by atoms with Gasteiger partial charge in [0.2, 0.25) is 0 Å². The second kappa shape index (κ2) is 4.18. The Kier molecular flexibility index (Phi) is 2.72. The van der Waals surface area contributed by atoms with Gasteiger partial charge in [-0.15, -0.1) is 0 Å². The molecule has 1 nitrogen and oxygen atoms in total. The number of hydrogen-bond donors (Lipinski definition) is 0. The molecule has 76 valence electrons. The molecule has 2 aromatic rings. The third kappa shape index (κ3) is 1.86. The van der Waals surface area contributed by atoms with E-state index < -0.39 is 0 Å². The SMILES string of the molecule is CO/C=C/c1ccc2ccccc2c1C. The molecular weight excluding hydrogens is 184 g/mol. The fourth-order valence-corrected chi connectivity index (χ4v) is 1.77. The normalized spacial score (nSPS) is 11.1. The molecule has 0 N–H and O–H groups in total. The van der Waals surface area contributed by atoms with E-state index in [0.29, 0.717) is 0 Å². The Balaban J connectivity index is 2.60. The molecule has 0 aliphatic rings. The summed E-state index contributed by atoms with van der Waals surface area (Å²) in [7, 11) is 1.66. The van der Waals surface area contributed by atoms with Crippen LogP contribution in [0.1, 0.15) is 11.1 Å². The molecule has 0 spiro atoms. The van der Waals surface area contributed by atoms with Crippen molar-refractivity contribution in [2.24, 2.45) is 0 Å². The minimum absolute atomic E-state index is 1.20. The number of methoxy groups -OCH3 is 1. The van der Waals surface area contributed by atoms with Gasteiger partial charge >= 0.3 is 0 Å². The van der Waals surface area contributed by atoms with Gasteiger partial charge in [-0.2, -0.15) is 0 Å². The highest BCUT2D eigenvalue weighted by Gasteiger charge is 1.99. The monoisotopic (exact) mass is 198 g/mol. The summed E-state index contributed by atoms with van der Waals surface area (Å²) in [6.07, 6.45) is 3.69. The highest BCUT2D eigenvalue weighted by Crippen LogP contribution is 2.22. The van der Waals surface area contributed by atoms with Crippen LogP contribution in [0, 0.1) is 6.92 Å². The molecule has 2 aromatic carbocycles. The largest absolute Gasteiger partial charge is 0.504 e. The van der Waals surface area contributed by atoms with Crippen LogP contribution >= 0.6 is 0 Å². The lowest BCUT2D eigenvalue weighted by Gasteiger charge is -2.05. The van der Waals surface area contributed by atoms with E-state index >= 15 is 0 Å². The number of fused-ring (bicyclic) bond motifs is 1. The van der Waals surface area contributed by atoms with Crippen molar-refractivity contribution < 1.29 is 4.74 Å². The second-order valence-corrected chi connectivity index (χ2v) is 3.54. The van der Waals surface area contributed by atoms with Crippen LogP contribution in [0.2, 0.25) is 0 Å². The topological polar surface area (TPSA) is 9.23 Å². The second-order valence-electron chi connectivity index (χ2n) is 3.54. The zero-order valence-electron chi connectivity index (χ0n) is 9.03. The first kappa shape index (κ1) is 9.78. The smallest absolute Gasteiger partial charge is 0.0830 e. The van der Waals surface area contributed by atoms with Gasteiger partial charge in [-0.3, -0.25) is 0 Å². The molecule has 0 heterocycles. The molecule has 0 saturated carbocycles. The summed E-state index contributed by atoms with van der Waals surface area (Å²) in [6.45, 7) is 2.14. The summed E-state index contributed by atoms with van der Waals surface area (Å²) in [6, 6.07) is 12.7. The highest BCUT2D eigenvalue weighted by molar-refractivity contribution is 5.88. The molecule has 0 aromatic heterocycles. The molecule has 0 unspecified atom stereocenters. The van der Waals surface area contributed by atoms with Crippen LogP contribution in [0.4, 0.5) is 0 Å². The maximum atomic E-state index is 4.93. The zero-order valence-corrected chi connectivity index (χ0v) is 9.03. The van der Waals surface area contributed by atoms with Crippen molar-refractivity contribution in [3.8, 4) is 0 Å². The molecular formula is C14H14O. The molecule has 15 heavy (non-hydrogen) atoms. The van der Waals surface area contributed by atoms with Gasteiger partial charge in [0, 0.05) is 0 Å². The number of ether oxygens (including phenoxy) is 1. The average Bonchev–Trinajstić information content (AvgIpc) is 2.29. The maximum absolute atomic E-state index is 4.93. The number of rotatable bonds is 2. The van der Waals surface area contributed by atoms with Crippen LogP contribution in [0.25, 0.3) is 16.8 Å². The van der Waals surface area contributed by atoms with Crippen LogP contribution < -0.4 is 0 Å². The third-order valence-corrected chi connectivity index (χ3v) is 2.62. The van der Waals surface area contributed by atoms with E-state index in [-0.39, 0.29) is 0 Å². The summed E-state index contributed by atoms with van der Waals surface area (Å²) in [5.74, 6) is 0. The molecule has 0 bridgehead atoms. The zero-order chi connectivity index (χ0) is 10.7. The molecule has 0 aliphatic carbocycles. The van der Waals surface area contributed by atoms with Gasteiger partial charge < -0.3 is 4.74 Å². The standard InChI is InChI=1S/C14H14O/c1-11-12(9-10-15-2)7-8-13-5-3-4-6-14(11)13/h3-10H,1-2H3/b10-9+. The summed E-state index contributed by atoms with van der Waals surface area (Å²) >= 11 is 0. The van der Waals surface area contributed by atoms with Crippen molar-refractivity contribution in [1.29, 1.82) is 0 Å². The van der Waals surface area contributed by atoms with Gasteiger partial charge in [0.15, 0.2) is 0 Å². The van der Waals surface area contributed by atoms with Crippen LogP contribution in [-0.4, -0.2) is 7.11 Å². The summed E-state index contributed by atoms with van der Waals surface area (Å²) in [5.41, 5.74) is 2.50. The number of benzene rings is 2. The fourth-order valence-electron chi connectivity index (χ4n) is 1.77.